The lowest BCUT2D eigenvalue weighted by Crippen LogP contribution is -2.44. The summed E-state index contributed by atoms with van der Waals surface area (Å²) >= 11 is 0. The maximum Gasteiger partial charge on any atom is 0.253 e. The second-order valence-corrected chi connectivity index (χ2v) is 11.2. The molecule has 8 nitrogen and oxygen atoms in total. The molecule has 5 N–H and O–H groups in total. The predicted octanol–water partition coefficient (Wildman–Crippen LogP) is 3.90. The normalized spacial score (nSPS) is 20.1. The van der Waals surface area contributed by atoms with Crippen molar-refractivity contribution in [1.82, 2.24) is 14.8 Å². The number of likely N-dealkylation sites (tertiary alicyclic amines) is 1. The van der Waals surface area contributed by atoms with E-state index in [0.29, 0.717) is 12.3 Å². The monoisotopic (exact) mass is 530 g/mol. The van der Waals surface area contributed by atoms with Gasteiger partial charge in [0.1, 0.15) is 0 Å². The molecule has 5 rings (SSSR count). The number of carbonyl (C=O) groups is 2. The van der Waals surface area contributed by atoms with Gasteiger partial charge in [0.15, 0.2) is 0 Å². The quantitative estimate of drug-likeness (QED) is 0.469. The van der Waals surface area contributed by atoms with Crippen molar-refractivity contribution in [1.29, 1.82) is 0 Å². The van der Waals surface area contributed by atoms with Gasteiger partial charge in [-0.2, -0.15) is 0 Å². The van der Waals surface area contributed by atoms with E-state index in [1.165, 1.54) is 0 Å². The molecule has 39 heavy (non-hydrogen) atoms. The number of amides is 2. The summed E-state index contributed by atoms with van der Waals surface area (Å²) in [5, 5.41) is 5.29. The fourth-order valence-corrected chi connectivity index (χ4v) is 5.97. The van der Waals surface area contributed by atoms with Crippen molar-refractivity contribution in [2.75, 3.05) is 44.6 Å². The number of nitrogens with two attached hydrogens (primary N) is 2. The van der Waals surface area contributed by atoms with Crippen LogP contribution in [0.25, 0.3) is 17.2 Å². The maximum absolute atomic E-state index is 13.7. The van der Waals surface area contributed by atoms with E-state index in [9.17, 15) is 9.59 Å². The van der Waals surface area contributed by atoms with Crippen molar-refractivity contribution in [3.63, 3.8) is 0 Å². The van der Waals surface area contributed by atoms with E-state index in [1.807, 2.05) is 51.2 Å². The van der Waals surface area contributed by atoms with Crippen molar-refractivity contribution < 1.29 is 9.59 Å². The Morgan fingerprint density at radius 2 is 1.69 bits per heavy atom. The fraction of sp³-hybridized carbons (Fsp3) is 0.484. The van der Waals surface area contributed by atoms with Crippen LogP contribution in [0.4, 0.5) is 5.69 Å². The summed E-state index contributed by atoms with van der Waals surface area (Å²) < 4.78 is 0. The molecule has 0 radical (unpaired) electrons. The second kappa shape index (κ2) is 12.3. The van der Waals surface area contributed by atoms with Gasteiger partial charge < -0.3 is 20.9 Å². The number of anilines is 1. The minimum atomic E-state index is -0.360. The van der Waals surface area contributed by atoms with E-state index in [0.717, 1.165) is 105 Å². The van der Waals surface area contributed by atoms with E-state index in [-0.39, 0.29) is 18.0 Å². The first-order chi connectivity index (χ1) is 18.9. The molecule has 208 valence electrons. The van der Waals surface area contributed by atoms with Crippen LogP contribution in [-0.2, 0) is 4.79 Å². The van der Waals surface area contributed by atoms with Gasteiger partial charge in [0.05, 0.1) is 6.17 Å². The highest BCUT2D eigenvalue weighted by molar-refractivity contribution is 5.99. The highest BCUT2D eigenvalue weighted by Gasteiger charge is 2.27. The van der Waals surface area contributed by atoms with E-state index < -0.39 is 0 Å². The molecule has 3 heterocycles. The molecule has 2 aromatic carbocycles. The third-order valence-electron chi connectivity index (χ3n) is 8.21. The molecular formula is C31H42N6O2. The Labute approximate surface area is 232 Å². The van der Waals surface area contributed by atoms with E-state index >= 15 is 0 Å². The Hall–Kier alpha value is -3.20. The zero-order valence-electron chi connectivity index (χ0n) is 23.1. The molecule has 2 aromatic rings. The van der Waals surface area contributed by atoms with E-state index in [1.54, 1.807) is 0 Å². The Morgan fingerprint density at radius 3 is 2.38 bits per heavy atom. The number of nitrogens with one attached hydrogen (secondary N) is 1. The number of hydrogen-bond donors (Lipinski definition) is 3. The van der Waals surface area contributed by atoms with Crippen LogP contribution < -0.4 is 16.9 Å². The Kier molecular flexibility index (Phi) is 8.65. The van der Waals surface area contributed by atoms with Gasteiger partial charge in [0.25, 0.3) is 5.91 Å². The Balaban J connectivity index is 1.33. The zero-order chi connectivity index (χ0) is 27.4. The van der Waals surface area contributed by atoms with Gasteiger partial charge in [0.2, 0.25) is 5.91 Å². The maximum atomic E-state index is 13.7. The molecule has 0 bridgehead atoms. The highest BCUT2D eigenvalue weighted by Crippen LogP contribution is 2.31. The Morgan fingerprint density at radius 1 is 1.00 bits per heavy atom. The smallest absolute Gasteiger partial charge is 0.253 e. The van der Waals surface area contributed by atoms with Gasteiger partial charge >= 0.3 is 0 Å². The standard InChI is InChI=1S/C31H42N6O2/c1-2-13-36(21-22-11-16-37(33)17-12-22)31(39)27-18-26-10-9-25(19-28(26)34-29(32)20-27)23-5-7-24(8-6-23)30(38)35-14-3-4-15-35/h5-10,18-19,22,29,34H,2-4,11-17,20-21,32-33H2,1H3. The van der Waals surface area contributed by atoms with Crippen molar-refractivity contribution in [2.45, 2.75) is 51.6 Å². The molecule has 0 aromatic heterocycles. The van der Waals surface area contributed by atoms with Gasteiger partial charge in [-0.3, -0.25) is 15.4 Å². The molecule has 0 aliphatic carbocycles. The van der Waals surface area contributed by atoms with Crippen LogP contribution in [0.5, 0.6) is 0 Å². The zero-order valence-corrected chi connectivity index (χ0v) is 23.1. The second-order valence-electron chi connectivity index (χ2n) is 11.2. The van der Waals surface area contributed by atoms with Crippen LogP contribution in [0.15, 0.2) is 48.0 Å². The first-order valence-corrected chi connectivity index (χ1v) is 14.5. The molecule has 2 fully saturated rings. The number of hydrazine groups is 1. The molecule has 3 aliphatic rings. The first kappa shape index (κ1) is 27.4. The number of piperidine rings is 1. The van der Waals surface area contributed by atoms with Crippen LogP contribution in [0.2, 0.25) is 0 Å². The number of carbonyl (C=O) groups excluding carboxylic acids is 2. The van der Waals surface area contributed by atoms with Crippen LogP contribution in [0.1, 0.15) is 61.4 Å². The van der Waals surface area contributed by atoms with Gasteiger partial charge in [-0.05, 0) is 79.0 Å². The fourth-order valence-electron chi connectivity index (χ4n) is 5.97. The van der Waals surface area contributed by atoms with Crippen LogP contribution in [0.3, 0.4) is 0 Å². The van der Waals surface area contributed by atoms with Gasteiger partial charge in [-0.15, -0.1) is 0 Å². The number of fused-ring (bicyclic) bond motifs is 1. The summed E-state index contributed by atoms with van der Waals surface area (Å²) in [6, 6.07) is 14.0. The molecule has 3 aliphatic heterocycles. The van der Waals surface area contributed by atoms with Crippen molar-refractivity contribution in [3.05, 3.63) is 59.2 Å². The van der Waals surface area contributed by atoms with Crippen LogP contribution in [0, 0.1) is 5.92 Å². The molecule has 0 spiro atoms. The third kappa shape index (κ3) is 6.52. The summed E-state index contributed by atoms with van der Waals surface area (Å²) in [4.78, 5) is 30.4. The molecule has 1 atom stereocenters. The van der Waals surface area contributed by atoms with Gasteiger partial charge in [-0.25, -0.2) is 5.01 Å². The number of rotatable bonds is 7. The van der Waals surface area contributed by atoms with Crippen LogP contribution >= 0.6 is 0 Å². The van der Waals surface area contributed by atoms with Crippen molar-refractivity contribution in [2.24, 2.45) is 17.5 Å². The lowest BCUT2D eigenvalue weighted by atomic mass is 9.96. The molecule has 0 saturated carbocycles. The molecule has 8 heteroatoms. The lowest BCUT2D eigenvalue weighted by Gasteiger charge is -2.33. The highest BCUT2D eigenvalue weighted by atomic mass is 16.2. The summed E-state index contributed by atoms with van der Waals surface area (Å²) in [6.45, 7) is 7.07. The average Bonchev–Trinajstić information content (AvgIpc) is 3.43. The summed E-state index contributed by atoms with van der Waals surface area (Å²) in [5.41, 5.74) is 11.9. The predicted molar refractivity (Wildman–Crippen MR) is 157 cm³/mol. The lowest BCUT2D eigenvalue weighted by molar-refractivity contribution is -0.128. The summed E-state index contributed by atoms with van der Waals surface area (Å²) in [6.07, 6.45) is 7.23. The number of nitrogens with zero attached hydrogens (tertiary/aromatic N) is 3. The van der Waals surface area contributed by atoms with E-state index in [4.69, 9.17) is 11.6 Å². The van der Waals surface area contributed by atoms with Crippen LogP contribution in [-0.4, -0.2) is 72.1 Å². The minimum absolute atomic E-state index is 0.0828. The average molecular weight is 531 g/mol. The SMILES string of the molecule is CCCN(CC1CCN(N)CC1)C(=O)C1=Cc2ccc(-c3ccc(C(=O)N4CCCC4)cc3)cc2NC(N)C1. The van der Waals surface area contributed by atoms with Crippen molar-refractivity contribution >= 4 is 23.6 Å². The number of benzene rings is 2. The van der Waals surface area contributed by atoms with E-state index in [2.05, 4.69) is 24.4 Å². The van der Waals surface area contributed by atoms with Crippen molar-refractivity contribution in [3.8, 4) is 11.1 Å². The van der Waals surface area contributed by atoms with Gasteiger partial charge in [0, 0.05) is 62.5 Å². The first-order valence-electron chi connectivity index (χ1n) is 14.5. The molecule has 2 saturated heterocycles. The molecule has 2 amide bonds. The summed E-state index contributed by atoms with van der Waals surface area (Å²) in [5.74, 6) is 6.61. The van der Waals surface area contributed by atoms with Gasteiger partial charge in [-0.1, -0.05) is 31.2 Å². The molecule has 1 unspecified atom stereocenters. The largest absolute Gasteiger partial charge is 0.369 e. The third-order valence-corrected chi connectivity index (χ3v) is 8.21. The number of hydrogen-bond acceptors (Lipinski definition) is 6. The molecular weight excluding hydrogens is 488 g/mol. The minimum Gasteiger partial charge on any atom is -0.369 e. The Bertz CT molecular complexity index is 1200. The topological polar surface area (TPSA) is 108 Å². The summed E-state index contributed by atoms with van der Waals surface area (Å²) in [7, 11) is 0.